The van der Waals surface area contributed by atoms with E-state index in [-0.39, 0.29) is 0 Å². The average molecular weight is 404 g/mol. The maximum absolute atomic E-state index is 9.50. The van der Waals surface area contributed by atoms with Gasteiger partial charge in [0.15, 0.2) is 12.4 Å². The maximum atomic E-state index is 9.50. The number of hydrogen-bond donors (Lipinski definition) is 0. The number of carbonyl (C=O) groups excluding carboxylic acids is 2. The van der Waals surface area contributed by atoms with Gasteiger partial charge in [0, 0.05) is 47.0 Å². The molecule has 0 radical (unpaired) electrons. The summed E-state index contributed by atoms with van der Waals surface area (Å²) in [5, 5.41) is 21.6. The van der Waals surface area contributed by atoms with Crippen LogP contribution in [0.2, 0.25) is 0 Å². The van der Waals surface area contributed by atoms with Crippen LogP contribution in [0.5, 0.6) is 0 Å². The smallest absolute Gasteiger partial charge is 0.212 e. The van der Waals surface area contributed by atoms with Gasteiger partial charge in [0.25, 0.3) is 0 Å². The van der Waals surface area contributed by atoms with Crippen LogP contribution in [0.25, 0.3) is 21.8 Å². The van der Waals surface area contributed by atoms with Crippen molar-refractivity contribution in [2.45, 2.75) is 12.8 Å². The summed E-state index contributed by atoms with van der Waals surface area (Å²) < 4.78 is 4.24. The Morgan fingerprint density at radius 3 is 1.30 bits per heavy atom. The molecule has 4 aromatic rings. The van der Waals surface area contributed by atoms with Gasteiger partial charge >= 0.3 is 0 Å². The molecule has 0 spiro atoms. The van der Waals surface area contributed by atoms with E-state index in [1.54, 1.807) is 0 Å². The lowest BCUT2D eigenvalue weighted by Crippen LogP contribution is -2.27. The molecular formula is C24H24N2O4. The lowest BCUT2D eigenvalue weighted by molar-refractivity contribution is -0.645. The van der Waals surface area contributed by atoms with Crippen molar-refractivity contribution in [3.05, 3.63) is 85.2 Å². The van der Waals surface area contributed by atoms with Crippen LogP contribution in [0.15, 0.2) is 85.2 Å². The molecule has 154 valence electrons. The first kappa shape index (κ1) is 22.5. The zero-order chi connectivity index (χ0) is 21.9. The van der Waals surface area contributed by atoms with Crippen molar-refractivity contribution in [1.82, 2.24) is 0 Å². The van der Waals surface area contributed by atoms with E-state index >= 15 is 0 Å². The second kappa shape index (κ2) is 11.3. The number of aromatic nitrogens is 2. The van der Waals surface area contributed by atoms with E-state index in [1.807, 2.05) is 0 Å². The van der Waals surface area contributed by atoms with Crippen LogP contribution in [0.4, 0.5) is 0 Å². The molecule has 4 rings (SSSR count). The van der Waals surface area contributed by atoms with Crippen molar-refractivity contribution in [1.29, 1.82) is 0 Å². The van der Waals surface area contributed by atoms with Crippen molar-refractivity contribution >= 4 is 33.7 Å². The number of carbonyl (C=O) groups is 2. The fourth-order valence-electron chi connectivity index (χ4n) is 2.82. The molecule has 0 aliphatic rings. The van der Waals surface area contributed by atoms with E-state index in [0.717, 1.165) is 0 Å². The topological polar surface area (TPSA) is 88.0 Å². The summed E-state index contributed by atoms with van der Waals surface area (Å²) in [5.74, 6) is -2.73. The average Bonchev–Trinajstić information content (AvgIpc) is 2.74. The van der Waals surface area contributed by atoms with Crippen molar-refractivity contribution in [3.8, 4) is 0 Å². The van der Waals surface area contributed by atoms with E-state index in [1.165, 1.54) is 21.8 Å². The van der Waals surface area contributed by atoms with E-state index in [0.29, 0.717) is 0 Å². The summed E-state index contributed by atoms with van der Waals surface area (Å²) in [6.07, 6.45) is 3.18. The number of carboxylic acids is 2. The van der Waals surface area contributed by atoms with Gasteiger partial charge in [-0.15, -0.1) is 0 Å². The first-order chi connectivity index (χ1) is 14.4. The number of carboxylic acid groups (broad SMARTS) is 2. The van der Waals surface area contributed by atoms with Crippen LogP contribution >= 0.6 is 0 Å². The molecule has 0 N–H and O–H groups in total. The van der Waals surface area contributed by atoms with Crippen molar-refractivity contribution in [3.63, 3.8) is 0 Å². The third-order valence-electron chi connectivity index (χ3n) is 4.34. The quantitative estimate of drug-likeness (QED) is 0.468. The molecule has 6 nitrogen and oxygen atoms in total. The number of pyridine rings is 2. The second-order valence-electron chi connectivity index (χ2n) is 6.60. The number of nitrogens with zero attached hydrogens (tertiary/aromatic N) is 2. The third kappa shape index (κ3) is 6.98. The molecule has 2 aromatic heterocycles. The number of aliphatic carboxylic acids is 2. The van der Waals surface area contributed by atoms with Gasteiger partial charge in [0.2, 0.25) is 11.0 Å². The molecule has 2 aromatic carbocycles. The molecule has 0 saturated carbocycles. The minimum absolute atomic E-state index is 0.470. The van der Waals surface area contributed by atoms with Crippen molar-refractivity contribution in [2.24, 2.45) is 14.1 Å². The number of rotatable bonds is 3. The number of hydrogen-bond acceptors (Lipinski definition) is 4. The standard InChI is InChI=1S/2C10H10N.C4H6O4/c2*1-11-8-4-6-9-5-2-3-7-10(9)11;5-3(6)1-2-4(7)8/h2*2-8H,1H3;1-2H2,(H,5,6)(H,7,8)/q2*+1;/p-2. The molecule has 30 heavy (non-hydrogen) atoms. The Labute approximate surface area is 175 Å². The Hall–Kier alpha value is -3.80. The van der Waals surface area contributed by atoms with Crippen LogP contribution in [0.1, 0.15) is 12.8 Å². The SMILES string of the molecule is C[n+]1cccc2ccccc21.C[n+]1cccc2ccccc21.O=C([O-])CCC(=O)[O-]. The van der Waals surface area contributed by atoms with Crippen molar-refractivity contribution < 1.29 is 28.9 Å². The summed E-state index contributed by atoms with van der Waals surface area (Å²) in [5.41, 5.74) is 2.55. The van der Waals surface area contributed by atoms with Gasteiger partial charge < -0.3 is 19.8 Å². The lowest BCUT2D eigenvalue weighted by Gasteiger charge is -2.00. The van der Waals surface area contributed by atoms with Gasteiger partial charge in [-0.3, -0.25) is 0 Å². The first-order valence-corrected chi connectivity index (χ1v) is 9.45. The summed E-state index contributed by atoms with van der Waals surface area (Å²) in [7, 11) is 4.12. The highest BCUT2D eigenvalue weighted by Gasteiger charge is 2.00. The molecule has 0 amide bonds. The summed E-state index contributed by atoms with van der Waals surface area (Å²) in [6.45, 7) is 0. The lowest BCUT2D eigenvalue weighted by atomic mass is 10.2. The zero-order valence-electron chi connectivity index (χ0n) is 17.0. The number of para-hydroxylation sites is 2. The summed E-state index contributed by atoms with van der Waals surface area (Å²) in [6, 6.07) is 25.1. The predicted molar refractivity (Wildman–Crippen MR) is 109 cm³/mol. The Balaban J connectivity index is 0.000000163. The maximum Gasteiger partial charge on any atom is 0.212 e. The number of aryl methyl sites for hydroxylation is 2. The molecule has 2 heterocycles. The molecule has 6 heteroatoms. The van der Waals surface area contributed by atoms with E-state index in [4.69, 9.17) is 0 Å². The van der Waals surface area contributed by atoms with Gasteiger partial charge in [0.05, 0.1) is 0 Å². The monoisotopic (exact) mass is 404 g/mol. The third-order valence-corrected chi connectivity index (χ3v) is 4.34. The van der Waals surface area contributed by atoms with Crippen LogP contribution in [0, 0.1) is 0 Å². The van der Waals surface area contributed by atoms with E-state index < -0.39 is 24.8 Å². The molecule has 0 bridgehead atoms. The molecule has 0 unspecified atom stereocenters. The predicted octanol–water partition coefficient (Wildman–Crippen LogP) is 0.595. The molecule has 0 aliphatic carbocycles. The highest BCUT2D eigenvalue weighted by atomic mass is 16.4. The Kier molecular flexibility index (Phi) is 8.44. The largest absolute Gasteiger partial charge is 0.550 e. The van der Waals surface area contributed by atoms with Crippen LogP contribution in [-0.2, 0) is 23.7 Å². The normalized spacial score (nSPS) is 9.80. The van der Waals surface area contributed by atoms with Crippen LogP contribution < -0.4 is 19.3 Å². The van der Waals surface area contributed by atoms with Gasteiger partial charge in [-0.05, 0) is 37.1 Å². The molecule has 0 atom stereocenters. The zero-order valence-corrected chi connectivity index (χ0v) is 17.0. The first-order valence-electron chi connectivity index (χ1n) is 9.45. The fraction of sp³-hybridized carbons (Fsp3) is 0.167. The highest BCUT2D eigenvalue weighted by Crippen LogP contribution is 2.07. The second-order valence-corrected chi connectivity index (χ2v) is 6.60. The van der Waals surface area contributed by atoms with E-state index in [9.17, 15) is 19.8 Å². The van der Waals surface area contributed by atoms with Gasteiger partial charge in [-0.2, -0.15) is 0 Å². The number of benzene rings is 2. The molecule has 0 saturated heterocycles. The summed E-state index contributed by atoms with van der Waals surface area (Å²) >= 11 is 0. The van der Waals surface area contributed by atoms with Gasteiger partial charge in [-0.1, -0.05) is 24.3 Å². The summed E-state index contributed by atoms with van der Waals surface area (Å²) in [4.78, 5) is 19.0. The minimum Gasteiger partial charge on any atom is -0.550 e. The van der Waals surface area contributed by atoms with E-state index in [2.05, 4.69) is 108 Å². The molecule has 0 fully saturated rings. The highest BCUT2D eigenvalue weighted by molar-refractivity contribution is 5.75. The Bertz CT molecular complexity index is 1040. The van der Waals surface area contributed by atoms with Gasteiger partial charge in [-0.25, -0.2) is 9.13 Å². The Morgan fingerprint density at radius 1 is 0.633 bits per heavy atom. The van der Waals surface area contributed by atoms with Crippen LogP contribution in [0.3, 0.4) is 0 Å². The minimum atomic E-state index is -1.37. The number of fused-ring (bicyclic) bond motifs is 2. The molecular weight excluding hydrogens is 380 g/mol. The fourth-order valence-corrected chi connectivity index (χ4v) is 2.82. The van der Waals surface area contributed by atoms with Crippen LogP contribution in [-0.4, -0.2) is 11.9 Å². The Morgan fingerprint density at radius 2 is 0.967 bits per heavy atom. The van der Waals surface area contributed by atoms with Gasteiger partial charge in [0.1, 0.15) is 14.1 Å². The molecule has 0 aliphatic heterocycles. The van der Waals surface area contributed by atoms with Crippen molar-refractivity contribution in [2.75, 3.05) is 0 Å².